The lowest BCUT2D eigenvalue weighted by atomic mass is 9.98. The highest BCUT2D eigenvalue weighted by Crippen LogP contribution is 2.44. The van der Waals surface area contributed by atoms with E-state index in [1.165, 1.54) is 0 Å². The molecular formula is C25H18Cl2N4S. The van der Waals surface area contributed by atoms with Gasteiger partial charge in [-0.3, -0.25) is 0 Å². The molecule has 0 fully saturated rings. The standard InChI is InChI=1S/C25H18Cl2N4S/c26-18-9-6-16(7-10-18)23-24(25-29-14-21(30-25)15-4-2-1-3-5-15)32-22(31-23)12-17-8-11-19(27)13-20(17)28/h1-14,17,28,31H,(H,29,30). The van der Waals surface area contributed by atoms with E-state index in [2.05, 4.69) is 27.4 Å². The third-order valence-corrected chi connectivity index (χ3v) is 6.69. The van der Waals surface area contributed by atoms with Crippen molar-refractivity contribution in [1.29, 1.82) is 5.41 Å². The molecule has 7 heteroatoms. The summed E-state index contributed by atoms with van der Waals surface area (Å²) in [6, 6.07) is 17.8. The highest BCUT2D eigenvalue weighted by atomic mass is 35.5. The van der Waals surface area contributed by atoms with Gasteiger partial charge in [-0.1, -0.05) is 83.5 Å². The molecule has 32 heavy (non-hydrogen) atoms. The number of halogens is 2. The smallest absolute Gasteiger partial charge is 0.146 e. The molecule has 3 N–H and O–H groups in total. The zero-order valence-corrected chi connectivity index (χ0v) is 19.1. The van der Waals surface area contributed by atoms with Crippen LogP contribution in [-0.2, 0) is 0 Å². The molecule has 1 aliphatic heterocycles. The normalized spacial score (nSPS) is 19.4. The molecule has 2 heterocycles. The van der Waals surface area contributed by atoms with Crippen molar-refractivity contribution in [2.45, 2.75) is 0 Å². The molecule has 0 radical (unpaired) electrons. The van der Waals surface area contributed by atoms with Crippen LogP contribution < -0.4 is 5.32 Å². The van der Waals surface area contributed by atoms with Crippen LogP contribution in [0.3, 0.4) is 0 Å². The number of aromatic nitrogens is 2. The van der Waals surface area contributed by atoms with E-state index < -0.39 is 0 Å². The minimum atomic E-state index is -0.144. The maximum absolute atomic E-state index is 8.25. The second kappa shape index (κ2) is 8.87. The molecule has 0 spiro atoms. The fourth-order valence-corrected chi connectivity index (χ4v) is 4.91. The first-order valence-electron chi connectivity index (χ1n) is 9.98. The van der Waals surface area contributed by atoms with E-state index in [1.807, 2.05) is 66.9 Å². The van der Waals surface area contributed by atoms with E-state index in [1.54, 1.807) is 17.8 Å². The van der Waals surface area contributed by atoms with Gasteiger partial charge < -0.3 is 15.7 Å². The minimum absolute atomic E-state index is 0.144. The van der Waals surface area contributed by atoms with Crippen LogP contribution in [0.15, 0.2) is 95.2 Å². The molecule has 1 atom stereocenters. The summed E-state index contributed by atoms with van der Waals surface area (Å²) in [5.74, 6) is 0.640. The molecule has 5 rings (SSSR count). The Bertz CT molecular complexity index is 1300. The Morgan fingerprint density at radius 2 is 1.78 bits per heavy atom. The number of benzene rings is 2. The molecular weight excluding hydrogens is 459 g/mol. The highest BCUT2D eigenvalue weighted by Gasteiger charge is 2.26. The first-order chi connectivity index (χ1) is 15.6. The summed E-state index contributed by atoms with van der Waals surface area (Å²) in [5.41, 5.74) is 4.45. The van der Waals surface area contributed by atoms with E-state index >= 15 is 0 Å². The molecule has 4 nitrogen and oxygen atoms in total. The number of imidazole rings is 1. The van der Waals surface area contributed by atoms with Crippen molar-refractivity contribution in [3.05, 3.63) is 112 Å². The van der Waals surface area contributed by atoms with Gasteiger partial charge in [0.05, 0.1) is 27.5 Å². The predicted octanol–water partition coefficient (Wildman–Crippen LogP) is 7.06. The van der Waals surface area contributed by atoms with Gasteiger partial charge in [-0.05, 0) is 41.5 Å². The predicted molar refractivity (Wildman–Crippen MR) is 135 cm³/mol. The lowest BCUT2D eigenvalue weighted by Crippen LogP contribution is -2.12. The summed E-state index contributed by atoms with van der Waals surface area (Å²) >= 11 is 13.7. The molecule has 1 aliphatic carbocycles. The summed E-state index contributed by atoms with van der Waals surface area (Å²) in [5, 5.41) is 14.0. The topological polar surface area (TPSA) is 64.6 Å². The van der Waals surface area contributed by atoms with E-state index in [0.29, 0.717) is 15.8 Å². The van der Waals surface area contributed by atoms with Crippen molar-refractivity contribution in [2.24, 2.45) is 5.92 Å². The quantitative estimate of drug-likeness (QED) is 0.377. The number of hydrogen-bond donors (Lipinski definition) is 3. The highest BCUT2D eigenvalue weighted by molar-refractivity contribution is 8.12. The SMILES string of the molecule is N=C1C=C(Cl)C=CC1C=C1NC(c2ccc(Cl)cc2)=C(c2ncc(-c3ccccc3)[nH]2)S1. The van der Waals surface area contributed by atoms with Crippen LogP contribution in [0.25, 0.3) is 21.9 Å². The molecule has 0 amide bonds. The van der Waals surface area contributed by atoms with E-state index in [-0.39, 0.29) is 5.92 Å². The van der Waals surface area contributed by atoms with Crippen molar-refractivity contribution in [3.8, 4) is 11.3 Å². The minimum Gasteiger partial charge on any atom is -0.349 e. The molecule has 1 aromatic heterocycles. The second-order valence-corrected chi connectivity index (χ2v) is 9.28. The number of rotatable bonds is 4. The fourth-order valence-electron chi connectivity index (χ4n) is 3.53. The Labute approximate surface area is 200 Å². The largest absolute Gasteiger partial charge is 0.349 e. The summed E-state index contributed by atoms with van der Waals surface area (Å²) in [4.78, 5) is 9.11. The van der Waals surface area contributed by atoms with Crippen molar-refractivity contribution in [1.82, 2.24) is 15.3 Å². The average molecular weight is 477 g/mol. The molecule has 3 aromatic rings. The first kappa shape index (κ1) is 20.9. The molecule has 0 saturated heterocycles. The van der Waals surface area contributed by atoms with Crippen LogP contribution in [-0.4, -0.2) is 15.7 Å². The molecule has 1 unspecified atom stereocenters. The zero-order valence-electron chi connectivity index (χ0n) is 16.8. The average Bonchev–Trinajstić information content (AvgIpc) is 3.44. The van der Waals surface area contributed by atoms with Crippen molar-refractivity contribution in [3.63, 3.8) is 0 Å². The summed E-state index contributed by atoms with van der Waals surface area (Å²) in [6.07, 6.45) is 9.32. The summed E-state index contributed by atoms with van der Waals surface area (Å²) < 4.78 is 0. The number of allylic oxidation sites excluding steroid dienone is 5. The van der Waals surface area contributed by atoms with Gasteiger partial charge in [0, 0.05) is 21.7 Å². The number of nitrogens with one attached hydrogen (secondary N) is 3. The number of hydrogen-bond acceptors (Lipinski definition) is 4. The maximum Gasteiger partial charge on any atom is 0.146 e. The Morgan fingerprint density at radius 1 is 1.00 bits per heavy atom. The van der Waals surface area contributed by atoms with Crippen molar-refractivity contribution >= 4 is 51.3 Å². The number of thioether (sulfide) groups is 1. The Hall–Kier alpha value is -2.99. The van der Waals surface area contributed by atoms with E-state index in [9.17, 15) is 0 Å². The lowest BCUT2D eigenvalue weighted by molar-refractivity contribution is 1.07. The van der Waals surface area contributed by atoms with Crippen molar-refractivity contribution < 1.29 is 0 Å². The lowest BCUT2D eigenvalue weighted by Gasteiger charge is -2.13. The van der Waals surface area contributed by atoms with Crippen LogP contribution in [0.1, 0.15) is 11.4 Å². The monoisotopic (exact) mass is 476 g/mol. The van der Waals surface area contributed by atoms with Gasteiger partial charge in [-0.25, -0.2) is 4.98 Å². The van der Waals surface area contributed by atoms with E-state index in [4.69, 9.17) is 28.6 Å². The van der Waals surface area contributed by atoms with Crippen LogP contribution in [0.4, 0.5) is 0 Å². The Balaban J connectivity index is 1.51. The van der Waals surface area contributed by atoms with Crippen molar-refractivity contribution in [2.75, 3.05) is 0 Å². The van der Waals surface area contributed by atoms with E-state index in [0.717, 1.165) is 38.3 Å². The van der Waals surface area contributed by atoms with Gasteiger partial charge in [0.15, 0.2) is 0 Å². The molecule has 2 aliphatic rings. The van der Waals surface area contributed by atoms with Gasteiger partial charge in [0.25, 0.3) is 0 Å². The van der Waals surface area contributed by atoms with Crippen LogP contribution in [0, 0.1) is 11.3 Å². The number of aromatic amines is 1. The van der Waals surface area contributed by atoms with Crippen LogP contribution in [0.5, 0.6) is 0 Å². The zero-order chi connectivity index (χ0) is 22.1. The first-order valence-corrected chi connectivity index (χ1v) is 11.6. The number of H-pyrrole nitrogens is 1. The molecule has 2 aromatic carbocycles. The maximum atomic E-state index is 8.25. The Morgan fingerprint density at radius 3 is 2.53 bits per heavy atom. The molecule has 0 saturated carbocycles. The molecule has 0 bridgehead atoms. The Kier molecular flexibility index (Phi) is 5.79. The van der Waals surface area contributed by atoms with Crippen LogP contribution >= 0.6 is 35.0 Å². The van der Waals surface area contributed by atoms with Gasteiger partial charge in [-0.2, -0.15) is 0 Å². The summed E-state index contributed by atoms with van der Waals surface area (Å²) in [6.45, 7) is 0. The van der Waals surface area contributed by atoms with Crippen LogP contribution in [0.2, 0.25) is 5.02 Å². The number of nitrogens with zero attached hydrogens (tertiary/aromatic N) is 1. The summed E-state index contributed by atoms with van der Waals surface area (Å²) in [7, 11) is 0. The van der Waals surface area contributed by atoms with Gasteiger partial charge in [0.1, 0.15) is 5.82 Å². The second-order valence-electron chi connectivity index (χ2n) is 7.35. The third kappa shape index (κ3) is 4.32. The fraction of sp³-hybridized carbons (Fsp3) is 0.0400. The van der Waals surface area contributed by atoms with Gasteiger partial charge >= 0.3 is 0 Å². The third-order valence-electron chi connectivity index (χ3n) is 5.14. The molecule has 158 valence electrons. The van der Waals surface area contributed by atoms with Gasteiger partial charge in [-0.15, -0.1) is 0 Å². The van der Waals surface area contributed by atoms with Gasteiger partial charge in [0.2, 0.25) is 0 Å².